The molecule has 0 saturated carbocycles. The Bertz CT molecular complexity index is 786. The number of para-hydroxylation sites is 1. The second-order valence-corrected chi connectivity index (χ2v) is 6.24. The normalized spacial score (nSPS) is 11.2. The van der Waals surface area contributed by atoms with E-state index in [1.165, 1.54) is 11.8 Å². The summed E-state index contributed by atoms with van der Waals surface area (Å²) in [6.45, 7) is 4.08. The molecule has 0 aliphatic carbocycles. The monoisotopic (exact) mass is 316 g/mol. The largest absolute Gasteiger partial charge is 0.236 e. The van der Waals surface area contributed by atoms with E-state index in [0.29, 0.717) is 5.15 Å². The topological polar surface area (TPSA) is 51.6 Å². The molecular formula is C15H13ClN4S. The Balaban J connectivity index is 2.03. The predicted molar refractivity (Wildman–Crippen MR) is 84.8 cm³/mol. The smallest absolute Gasteiger partial charge is 0.133 e. The third-order valence-electron chi connectivity index (χ3n) is 2.91. The summed E-state index contributed by atoms with van der Waals surface area (Å²) in [5, 5.41) is 3.12. The van der Waals surface area contributed by atoms with Crippen molar-refractivity contribution in [3.8, 4) is 0 Å². The van der Waals surface area contributed by atoms with Crippen LogP contribution < -0.4 is 0 Å². The van der Waals surface area contributed by atoms with Gasteiger partial charge in [-0.2, -0.15) is 0 Å². The Morgan fingerprint density at radius 1 is 1.10 bits per heavy atom. The molecule has 0 aliphatic heterocycles. The van der Waals surface area contributed by atoms with Crippen molar-refractivity contribution in [1.29, 1.82) is 0 Å². The molecule has 0 fully saturated rings. The van der Waals surface area contributed by atoms with E-state index in [2.05, 4.69) is 19.9 Å². The molecule has 1 aromatic carbocycles. The number of aromatic nitrogens is 4. The second kappa shape index (κ2) is 5.95. The van der Waals surface area contributed by atoms with Crippen molar-refractivity contribution in [2.45, 2.75) is 29.8 Å². The van der Waals surface area contributed by atoms with Crippen LogP contribution in [-0.2, 0) is 0 Å². The summed E-state index contributed by atoms with van der Waals surface area (Å²) in [4.78, 5) is 17.4. The third kappa shape index (κ3) is 3.14. The molecule has 2 heterocycles. The Morgan fingerprint density at radius 2 is 1.90 bits per heavy atom. The van der Waals surface area contributed by atoms with Gasteiger partial charge < -0.3 is 0 Å². The molecule has 106 valence electrons. The van der Waals surface area contributed by atoms with Crippen molar-refractivity contribution in [2.24, 2.45) is 0 Å². The molecule has 4 nitrogen and oxygen atoms in total. The van der Waals surface area contributed by atoms with Crippen molar-refractivity contribution < 1.29 is 0 Å². The number of benzene rings is 1. The van der Waals surface area contributed by atoms with E-state index in [9.17, 15) is 0 Å². The van der Waals surface area contributed by atoms with Gasteiger partial charge in [-0.15, -0.1) is 0 Å². The van der Waals surface area contributed by atoms with Gasteiger partial charge in [-0.1, -0.05) is 43.6 Å². The van der Waals surface area contributed by atoms with Gasteiger partial charge in [0.2, 0.25) is 0 Å². The van der Waals surface area contributed by atoms with Crippen LogP contribution in [0.3, 0.4) is 0 Å². The molecule has 6 heteroatoms. The second-order valence-electron chi connectivity index (χ2n) is 4.84. The number of nitrogens with zero attached hydrogens (tertiary/aromatic N) is 4. The van der Waals surface area contributed by atoms with Crippen LogP contribution in [0.15, 0.2) is 46.7 Å². The number of fused-ring (bicyclic) bond motifs is 1. The fourth-order valence-corrected chi connectivity index (χ4v) is 3.03. The number of rotatable bonds is 3. The van der Waals surface area contributed by atoms with Crippen molar-refractivity contribution in [1.82, 2.24) is 19.9 Å². The van der Waals surface area contributed by atoms with E-state index in [1.54, 1.807) is 12.4 Å². The third-order valence-corrected chi connectivity index (χ3v) is 4.04. The molecule has 0 amide bonds. The first-order chi connectivity index (χ1) is 10.1. The van der Waals surface area contributed by atoms with Gasteiger partial charge >= 0.3 is 0 Å². The molecule has 0 N–H and O–H groups in total. The van der Waals surface area contributed by atoms with Gasteiger partial charge in [0, 0.05) is 17.4 Å². The number of hydrogen-bond donors (Lipinski definition) is 0. The lowest BCUT2D eigenvalue weighted by Gasteiger charge is -2.08. The lowest BCUT2D eigenvalue weighted by molar-refractivity contribution is 0.753. The van der Waals surface area contributed by atoms with E-state index in [4.69, 9.17) is 11.6 Å². The predicted octanol–water partition coefficient (Wildman–Crippen LogP) is 4.35. The van der Waals surface area contributed by atoms with Crippen LogP contribution >= 0.6 is 23.4 Å². The van der Waals surface area contributed by atoms with Crippen LogP contribution in [0, 0.1) is 0 Å². The zero-order chi connectivity index (χ0) is 14.8. The molecule has 0 unspecified atom stereocenters. The Labute approximate surface area is 132 Å². The molecule has 0 atom stereocenters. The average Bonchev–Trinajstić information content (AvgIpc) is 2.47. The molecular weight excluding hydrogens is 304 g/mol. The molecule has 0 radical (unpaired) electrons. The van der Waals surface area contributed by atoms with Crippen LogP contribution in [0.4, 0.5) is 0 Å². The quantitative estimate of drug-likeness (QED) is 0.672. The molecule has 0 spiro atoms. The van der Waals surface area contributed by atoms with E-state index >= 15 is 0 Å². The standard InChI is InChI=1S/C15H13ClN4S/c1-9(2)14-19-12(16)7-13(20-14)21-15-10-5-3-4-6-11(10)17-8-18-15/h3-9H,1-2H3. The highest BCUT2D eigenvalue weighted by Gasteiger charge is 2.11. The molecule has 0 bridgehead atoms. The summed E-state index contributed by atoms with van der Waals surface area (Å²) in [6.07, 6.45) is 1.57. The van der Waals surface area contributed by atoms with Gasteiger partial charge in [0.05, 0.1) is 5.52 Å². The summed E-state index contributed by atoms with van der Waals surface area (Å²) < 4.78 is 0. The average molecular weight is 317 g/mol. The first-order valence-corrected chi connectivity index (χ1v) is 7.75. The Hall–Kier alpha value is -1.72. The minimum atomic E-state index is 0.227. The Morgan fingerprint density at radius 3 is 2.71 bits per heavy atom. The maximum atomic E-state index is 6.08. The molecule has 21 heavy (non-hydrogen) atoms. The molecule has 3 rings (SSSR count). The number of hydrogen-bond acceptors (Lipinski definition) is 5. The highest BCUT2D eigenvalue weighted by molar-refractivity contribution is 7.99. The summed E-state index contributed by atoms with van der Waals surface area (Å²) in [5.74, 6) is 0.966. The molecule has 0 saturated heterocycles. The minimum Gasteiger partial charge on any atom is -0.236 e. The van der Waals surface area contributed by atoms with Gasteiger partial charge in [-0.25, -0.2) is 19.9 Å². The zero-order valence-electron chi connectivity index (χ0n) is 11.6. The van der Waals surface area contributed by atoms with Gasteiger partial charge in [0.25, 0.3) is 0 Å². The summed E-state index contributed by atoms with van der Waals surface area (Å²) in [7, 11) is 0. The van der Waals surface area contributed by atoms with Crippen LogP contribution in [0.5, 0.6) is 0 Å². The highest BCUT2D eigenvalue weighted by Crippen LogP contribution is 2.31. The maximum Gasteiger partial charge on any atom is 0.133 e. The highest BCUT2D eigenvalue weighted by atomic mass is 35.5. The first-order valence-electron chi connectivity index (χ1n) is 6.55. The van der Waals surface area contributed by atoms with E-state index in [1.807, 2.05) is 38.1 Å². The van der Waals surface area contributed by atoms with Crippen LogP contribution in [-0.4, -0.2) is 19.9 Å². The first kappa shape index (κ1) is 14.2. The van der Waals surface area contributed by atoms with Crippen molar-refractivity contribution >= 4 is 34.3 Å². The van der Waals surface area contributed by atoms with Gasteiger partial charge in [0.1, 0.15) is 27.4 Å². The minimum absolute atomic E-state index is 0.227. The Kier molecular flexibility index (Phi) is 4.03. The zero-order valence-corrected chi connectivity index (χ0v) is 13.2. The van der Waals surface area contributed by atoms with Gasteiger partial charge in [0.15, 0.2) is 0 Å². The molecule has 0 aliphatic rings. The number of halogens is 1. The van der Waals surface area contributed by atoms with E-state index in [0.717, 1.165) is 26.8 Å². The lowest BCUT2D eigenvalue weighted by atomic mass is 10.2. The van der Waals surface area contributed by atoms with Crippen molar-refractivity contribution in [2.75, 3.05) is 0 Å². The molecule has 2 aromatic heterocycles. The summed E-state index contributed by atoms with van der Waals surface area (Å²) >= 11 is 7.56. The summed E-state index contributed by atoms with van der Waals surface area (Å²) in [5.41, 5.74) is 0.916. The van der Waals surface area contributed by atoms with Crippen molar-refractivity contribution in [3.63, 3.8) is 0 Å². The lowest BCUT2D eigenvalue weighted by Crippen LogP contribution is -1.99. The fourth-order valence-electron chi connectivity index (χ4n) is 1.88. The van der Waals surface area contributed by atoms with Crippen LogP contribution in [0.1, 0.15) is 25.6 Å². The van der Waals surface area contributed by atoms with Gasteiger partial charge in [-0.3, -0.25) is 0 Å². The van der Waals surface area contributed by atoms with E-state index in [-0.39, 0.29) is 5.92 Å². The van der Waals surface area contributed by atoms with Crippen LogP contribution in [0.2, 0.25) is 5.15 Å². The summed E-state index contributed by atoms with van der Waals surface area (Å²) in [6, 6.07) is 9.66. The fraction of sp³-hybridized carbons (Fsp3) is 0.200. The van der Waals surface area contributed by atoms with Crippen LogP contribution in [0.25, 0.3) is 10.9 Å². The van der Waals surface area contributed by atoms with Crippen molar-refractivity contribution in [3.05, 3.63) is 47.6 Å². The maximum absolute atomic E-state index is 6.08. The van der Waals surface area contributed by atoms with Gasteiger partial charge in [-0.05, 0) is 17.8 Å². The SMILES string of the molecule is CC(C)c1nc(Cl)cc(Sc2ncnc3ccccc23)n1. The van der Waals surface area contributed by atoms with E-state index < -0.39 is 0 Å². The molecule has 3 aromatic rings.